The van der Waals surface area contributed by atoms with Crippen LogP contribution in [0.5, 0.6) is 0 Å². The van der Waals surface area contributed by atoms with Gasteiger partial charge in [-0.25, -0.2) is 8.42 Å². The molecule has 0 aliphatic carbocycles. The van der Waals surface area contributed by atoms with Gasteiger partial charge in [0, 0.05) is 23.5 Å². The molecular weight excluding hydrogens is 496 g/mol. The zero-order valence-corrected chi connectivity index (χ0v) is 21.5. The van der Waals surface area contributed by atoms with Crippen LogP contribution in [0.2, 0.25) is 0 Å². The zero-order chi connectivity index (χ0) is 26.4. The molecule has 0 fully saturated rings. The molecule has 0 saturated carbocycles. The van der Waals surface area contributed by atoms with Gasteiger partial charge in [0.2, 0.25) is 10.0 Å². The molecule has 0 amide bonds. The van der Waals surface area contributed by atoms with Crippen LogP contribution in [0.1, 0.15) is 22.3 Å². The van der Waals surface area contributed by atoms with Crippen molar-refractivity contribution < 1.29 is 17.9 Å². The van der Waals surface area contributed by atoms with Crippen molar-refractivity contribution in [3.8, 4) is 0 Å². The largest absolute Gasteiger partial charge is 0.460 e. The van der Waals surface area contributed by atoms with Crippen LogP contribution >= 0.6 is 0 Å². The van der Waals surface area contributed by atoms with Crippen LogP contribution in [0.3, 0.4) is 0 Å². The Kier molecular flexibility index (Phi) is 7.67. The first-order valence-electron chi connectivity index (χ1n) is 12.4. The molecule has 38 heavy (non-hydrogen) atoms. The fourth-order valence-corrected chi connectivity index (χ4v) is 5.58. The second-order valence-corrected chi connectivity index (χ2v) is 10.9. The molecule has 7 heteroatoms. The van der Waals surface area contributed by atoms with Crippen molar-refractivity contribution in [3.05, 3.63) is 138 Å². The highest BCUT2D eigenvalue weighted by Gasteiger charge is 2.28. The summed E-state index contributed by atoms with van der Waals surface area (Å²) < 4.78 is 34.9. The molecule has 0 aliphatic rings. The summed E-state index contributed by atoms with van der Waals surface area (Å²) in [6.45, 7) is 0.0555. The monoisotopic (exact) mass is 524 g/mol. The van der Waals surface area contributed by atoms with Gasteiger partial charge >= 0.3 is 5.97 Å². The van der Waals surface area contributed by atoms with E-state index >= 15 is 0 Å². The number of carbonyl (C=O) groups is 1. The minimum atomic E-state index is -3.99. The molecule has 1 heterocycles. The SMILES string of the molecule is O=C(OCc1ccccc1)[C@@H](Cc1c[nH]c2ccccc12)NS(=O)(=O)c1ccc(Cc2ccccc2)cc1. The number of H-pyrrole nitrogens is 1. The molecule has 0 spiro atoms. The second kappa shape index (κ2) is 11.5. The van der Waals surface area contributed by atoms with Gasteiger partial charge in [-0.3, -0.25) is 4.79 Å². The number of sulfonamides is 1. The molecule has 0 aliphatic heterocycles. The fourth-order valence-electron chi connectivity index (χ4n) is 4.40. The van der Waals surface area contributed by atoms with Gasteiger partial charge in [0.1, 0.15) is 12.6 Å². The average Bonchev–Trinajstić information content (AvgIpc) is 3.35. The summed E-state index contributed by atoms with van der Waals surface area (Å²) in [6.07, 6.45) is 2.64. The van der Waals surface area contributed by atoms with E-state index < -0.39 is 22.0 Å². The van der Waals surface area contributed by atoms with Crippen LogP contribution in [-0.2, 0) is 39.0 Å². The van der Waals surface area contributed by atoms with E-state index in [-0.39, 0.29) is 17.9 Å². The molecule has 5 aromatic rings. The van der Waals surface area contributed by atoms with Crippen LogP contribution < -0.4 is 4.72 Å². The third-order valence-corrected chi connectivity index (χ3v) is 7.88. The third kappa shape index (κ3) is 6.19. The molecule has 192 valence electrons. The normalized spacial score (nSPS) is 12.3. The number of nitrogens with one attached hydrogen (secondary N) is 2. The van der Waals surface area contributed by atoms with Crippen LogP contribution in [0.15, 0.2) is 120 Å². The molecule has 0 unspecified atom stereocenters. The number of fused-ring (bicyclic) bond motifs is 1. The van der Waals surface area contributed by atoms with Gasteiger partial charge in [0.05, 0.1) is 4.90 Å². The van der Waals surface area contributed by atoms with Crippen LogP contribution in [-0.4, -0.2) is 25.4 Å². The summed E-state index contributed by atoms with van der Waals surface area (Å²) in [5.41, 5.74) is 4.69. The Bertz CT molecular complexity index is 1610. The minimum absolute atomic E-state index is 0.0555. The van der Waals surface area contributed by atoms with Crippen LogP contribution in [0, 0.1) is 0 Å². The standard InChI is InChI=1S/C31H28N2O4S/c34-31(37-22-25-11-5-2-6-12-25)30(20-26-21-32-29-14-8-7-13-28(26)29)33-38(35,36)27-17-15-24(16-18-27)19-23-9-3-1-4-10-23/h1-18,21,30,32-33H,19-20,22H2/t30-/m1/s1. The molecule has 0 bridgehead atoms. The Morgan fingerprint density at radius 3 is 2.08 bits per heavy atom. The van der Waals surface area contributed by atoms with Gasteiger partial charge in [-0.1, -0.05) is 91.0 Å². The lowest BCUT2D eigenvalue weighted by molar-refractivity contribution is -0.147. The first kappa shape index (κ1) is 25.4. The van der Waals surface area contributed by atoms with E-state index in [1.807, 2.05) is 84.9 Å². The lowest BCUT2D eigenvalue weighted by Crippen LogP contribution is -2.43. The van der Waals surface area contributed by atoms with Gasteiger partial charge in [0.15, 0.2) is 0 Å². The first-order chi connectivity index (χ1) is 18.5. The Balaban J connectivity index is 1.35. The summed E-state index contributed by atoms with van der Waals surface area (Å²) >= 11 is 0. The summed E-state index contributed by atoms with van der Waals surface area (Å²) in [7, 11) is -3.99. The van der Waals surface area contributed by atoms with E-state index in [2.05, 4.69) is 9.71 Å². The first-order valence-corrected chi connectivity index (χ1v) is 13.9. The van der Waals surface area contributed by atoms with Crippen LogP contribution in [0.4, 0.5) is 0 Å². The number of aromatic nitrogens is 1. The van der Waals surface area contributed by atoms with Crippen molar-refractivity contribution in [2.24, 2.45) is 0 Å². The maximum atomic E-state index is 13.4. The number of benzene rings is 4. The fraction of sp³-hybridized carbons (Fsp3) is 0.129. The van der Waals surface area contributed by atoms with E-state index in [4.69, 9.17) is 4.74 Å². The molecule has 4 aromatic carbocycles. The number of hydrogen-bond donors (Lipinski definition) is 2. The molecule has 0 saturated heterocycles. The maximum absolute atomic E-state index is 13.4. The predicted molar refractivity (Wildman–Crippen MR) is 148 cm³/mol. The minimum Gasteiger partial charge on any atom is -0.460 e. The van der Waals surface area contributed by atoms with Crippen molar-refractivity contribution in [2.45, 2.75) is 30.4 Å². The molecule has 1 atom stereocenters. The van der Waals surface area contributed by atoms with E-state index in [0.29, 0.717) is 6.42 Å². The van der Waals surface area contributed by atoms with Crippen molar-refractivity contribution in [1.29, 1.82) is 0 Å². The molecular formula is C31H28N2O4S. The van der Waals surface area contributed by atoms with E-state index in [9.17, 15) is 13.2 Å². The number of para-hydroxylation sites is 1. The van der Waals surface area contributed by atoms with E-state index in [0.717, 1.165) is 33.2 Å². The summed E-state index contributed by atoms with van der Waals surface area (Å²) in [5, 5.41) is 0.929. The number of ether oxygens (including phenoxy) is 1. The van der Waals surface area contributed by atoms with E-state index in [1.165, 1.54) is 0 Å². The Hall–Kier alpha value is -4.20. The molecule has 1 aromatic heterocycles. The average molecular weight is 525 g/mol. The predicted octanol–water partition coefficient (Wildman–Crippen LogP) is 5.39. The molecule has 0 radical (unpaired) electrons. The van der Waals surface area contributed by atoms with Gasteiger partial charge in [-0.2, -0.15) is 4.72 Å². The molecule has 6 nitrogen and oxygen atoms in total. The van der Waals surface area contributed by atoms with Gasteiger partial charge in [-0.05, 0) is 46.9 Å². The Morgan fingerprint density at radius 2 is 1.37 bits per heavy atom. The second-order valence-electron chi connectivity index (χ2n) is 9.14. The zero-order valence-electron chi connectivity index (χ0n) is 20.7. The van der Waals surface area contributed by atoms with Crippen molar-refractivity contribution in [1.82, 2.24) is 9.71 Å². The Labute approximate surface area is 222 Å². The van der Waals surface area contributed by atoms with Gasteiger partial charge < -0.3 is 9.72 Å². The lowest BCUT2D eigenvalue weighted by atomic mass is 10.1. The third-order valence-electron chi connectivity index (χ3n) is 6.39. The quantitative estimate of drug-likeness (QED) is 0.240. The molecule has 2 N–H and O–H groups in total. The van der Waals surface area contributed by atoms with Gasteiger partial charge in [-0.15, -0.1) is 0 Å². The summed E-state index contributed by atoms with van der Waals surface area (Å²) in [6, 6.07) is 32.6. The number of carbonyl (C=O) groups excluding carboxylic acids is 1. The number of hydrogen-bond acceptors (Lipinski definition) is 4. The molecule has 5 rings (SSSR count). The van der Waals surface area contributed by atoms with Gasteiger partial charge in [0.25, 0.3) is 0 Å². The van der Waals surface area contributed by atoms with Crippen molar-refractivity contribution in [2.75, 3.05) is 0 Å². The number of rotatable bonds is 10. The smallest absolute Gasteiger partial charge is 0.324 e. The summed E-state index contributed by atoms with van der Waals surface area (Å²) in [5.74, 6) is -0.636. The maximum Gasteiger partial charge on any atom is 0.324 e. The Morgan fingerprint density at radius 1 is 0.763 bits per heavy atom. The van der Waals surface area contributed by atoms with Crippen molar-refractivity contribution in [3.63, 3.8) is 0 Å². The number of esters is 1. The van der Waals surface area contributed by atoms with Crippen LogP contribution in [0.25, 0.3) is 10.9 Å². The van der Waals surface area contributed by atoms with E-state index in [1.54, 1.807) is 30.5 Å². The summed E-state index contributed by atoms with van der Waals surface area (Å²) in [4.78, 5) is 16.5. The highest BCUT2D eigenvalue weighted by atomic mass is 32.2. The lowest BCUT2D eigenvalue weighted by Gasteiger charge is -2.18. The highest BCUT2D eigenvalue weighted by molar-refractivity contribution is 7.89. The highest BCUT2D eigenvalue weighted by Crippen LogP contribution is 2.21. The number of aromatic amines is 1. The topological polar surface area (TPSA) is 88.3 Å². The van der Waals surface area contributed by atoms with Crippen molar-refractivity contribution >= 4 is 26.9 Å².